The van der Waals surface area contributed by atoms with Crippen LogP contribution in [0.4, 0.5) is 0 Å². The molecule has 2 heterocycles. The van der Waals surface area contributed by atoms with Gasteiger partial charge in [-0.3, -0.25) is 9.59 Å². The van der Waals surface area contributed by atoms with E-state index in [0.717, 1.165) is 24.8 Å². The SMILES string of the molecule is O=c1c(=O)n(C2CCC2)ccn1Cc1cc(-c2ccccc2)no1. The second-order valence-corrected chi connectivity index (χ2v) is 6.07. The van der Waals surface area contributed by atoms with Crippen molar-refractivity contribution in [3.8, 4) is 11.3 Å². The zero-order chi connectivity index (χ0) is 16.5. The highest BCUT2D eigenvalue weighted by molar-refractivity contribution is 5.58. The summed E-state index contributed by atoms with van der Waals surface area (Å²) in [6.45, 7) is 0.194. The van der Waals surface area contributed by atoms with Crippen LogP contribution in [0.1, 0.15) is 31.1 Å². The molecule has 0 N–H and O–H groups in total. The molecule has 24 heavy (non-hydrogen) atoms. The Balaban J connectivity index is 1.60. The highest BCUT2D eigenvalue weighted by atomic mass is 16.5. The van der Waals surface area contributed by atoms with Gasteiger partial charge in [-0.15, -0.1) is 0 Å². The van der Waals surface area contributed by atoms with E-state index in [1.54, 1.807) is 23.0 Å². The minimum absolute atomic E-state index is 0.176. The summed E-state index contributed by atoms with van der Waals surface area (Å²) in [7, 11) is 0. The molecule has 6 heteroatoms. The van der Waals surface area contributed by atoms with Crippen molar-refractivity contribution in [1.82, 2.24) is 14.3 Å². The minimum atomic E-state index is -0.526. The third kappa shape index (κ3) is 2.60. The molecule has 0 atom stereocenters. The van der Waals surface area contributed by atoms with E-state index in [4.69, 9.17) is 4.52 Å². The molecular weight excluding hydrogens is 306 g/mol. The molecule has 4 rings (SSSR count). The topological polar surface area (TPSA) is 70.0 Å². The normalized spacial score (nSPS) is 14.5. The lowest BCUT2D eigenvalue weighted by Crippen LogP contribution is -2.43. The molecule has 0 radical (unpaired) electrons. The molecule has 0 saturated heterocycles. The van der Waals surface area contributed by atoms with E-state index in [2.05, 4.69) is 5.16 Å². The van der Waals surface area contributed by atoms with Crippen molar-refractivity contribution < 1.29 is 4.52 Å². The first-order valence-electron chi connectivity index (χ1n) is 8.05. The monoisotopic (exact) mass is 323 g/mol. The number of aromatic nitrogens is 3. The highest BCUT2D eigenvalue weighted by Gasteiger charge is 2.21. The molecule has 2 aromatic heterocycles. The van der Waals surface area contributed by atoms with Gasteiger partial charge in [-0.1, -0.05) is 35.5 Å². The largest absolute Gasteiger partial charge is 0.359 e. The van der Waals surface area contributed by atoms with Gasteiger partial charge < -0.3 is 13.7 Å². The van der Waals surface area contributed by atoms with Crippen LogP contribution in [0.3, 0.4) is 0 Å². The maximum atomic E-state index is 12.3. The van der Waals surface area contributed by atoms with Crippen LogP contribution in [0.25, 0.3) is 11.3 Å². The van der Waals surface area contributed by atoms with Crippen molar-refractivity contribution in [2.75, 3.05) is 0 Å². The molecule has 1 aliphatic rings. The molecule has 3 aromatic rings. The van der Waals surface area contributed by atoms with Crippen molar-refractivity contribution in [1.29, 1.82) is 0 Å². The van der Waals surface area contributed by atoms with Gasteiger partial charge in [0.2, 0.25) is 0 Å². The van der Waals surface area contributed by atoms with Gasteiger partial charge in [0.1, 0.15) is 5.69 Å². The maximum absolute atomic E-state index is 12.3. The Bertz CT molecular complexity index is 965. The van der Waals surface area contributed by atoms with Crippen molar-refractivity contribution in [3.05, 3.63) is 75.3 Å². The third-order valence-electron chi connectivity index (χ3n) is 4.51. The fourth-order valence-electron chi connectivity index (χ4n) is 2.90. The van der Waals surface area contributed by atoms with Crippen LogP contribution < -0.4 is 11.1 Å². The summed E-state index contributed by atoms with van der Waals surface area (Å²) in [6, 6.07) is 11.6. The minimum Gasteiger partial charge on any atom is -0.359 e. The Morgan fingerprint density at radius 2 is 1.88 bits per heavy atom. The van der Waals surface area contributed by atoms with E-state index in [1.807, 2.05) is 30.3 Å². The second kappa shape index (κ2) is 5.96. The third-order valence-corrected chi connectivity index (χ3v) is 4.51. The van der Waals surface area contributed by atoms with Crippen molar-refractivity contribution in [3.63, 3.8) is 0 Å². The molecule has 6 nitrogen and oxygen atoms in total. The summed E-state index contributed by atoms with van der Waals surface area (Å²) in [5, 5.41) is 4.03. The first-order valence-corrected chi connectivity index (χ1v) is 8.05. The van der Waals surface area contributed by atoms with E-state index < -0.39 is 11.1 Å². The lowest BCUT2D eigenvalue weighted by atomic mass is 9.93. The summed E-state index contributed by atoms with van der Waals surface area (Å²) in [5.74, 6) is 0.539. The first-order chi connectivity index (χ1) is 11.7. The van der Waals surface area contributed by atoms with E-state index >= 15 is 0 Å². The molecule has 1 fully saturated rings. The fourth-order valence-corrected chi connectivity index (χ4v) is 2.90. The molecule has 1 saturated carbocycles. The predicted octanol–water partition coefficient (Wildman–Crippen LogP) is 2.44. The van der Waals surface area contributed by atoms with Crippen LogP contribution in [-0.4, -0.2) is 14.3 Å². The summed E-state index contributed by atoms with van der Waals surface area (Å²) in [6.07, 6.45) is 6.38. The summed E-state index contributed by atoms with van der Waals surface area (Å²) < 4.78 is 8.23. The zero-order valence-corrected chi connectivity index (χ0v) is 13.1. The number of nitrogens with zero attached hydrogens (tertiary/aromatic N) is 3. The van der Waals surface area contributed by atoms with E-state index in [9.17, 15) is 9.59 Å². The Labute approximate surface area is 138 Å². The average Bonchev–Trinajstić information content (AvgIpc) is 3.02. The van der Waals surface area contributed by atoms with Gasteiger partial charge in [0, 0.05) is 30.1 Å². The average molecular weight is 323 g/mol. The van der Waals surface area contributed by atoms with Crippen LogP contribution in [0.15, 0.2) is 62.9 Å². The van der Waals surface area contributed by atoms with Gasteiger partial charge in [0.25, 0.3) is 0 Å². The van der Waals surface area contributed by atoms with Gasteiger partial charge in [-0.05, 0) is 19.3 Å². The Morgan fingerprint density at radius 1 is 1.08 bits per heavy atom. The highest BCUT2D eigenvalue weighted by Crippen LogP contribution is 2.29. The van der Waals surface area contributed by atoms with Crippen LogP contribution in [0, 0.1) is 0 Å². The summed E-state index contributed by atoms with van der Waals surface area (Å²) >= 11 is 0. The Morgan fingerprint density at radius 3 is 2.58 bits per heavy atom. The van der Waals surface area contributed by atoms with Crippen molar-refractivity contribution in [2.45, 2.75) is 31.8 Å². The van der Waals surface area contributed by atoms with Crippen molar-refractivity contribution >= 4 is 0 Å². The standard InChI is InChI=1S/C18H17N3O3/c22-17-18(23)21(14-7-4-8-14)10-9-20(17)12-15-11-16(19-24-15)13-5-2-1-3-6-13/h1-3,5-6,9-11,14H,4,7-8,12H2. The zero-order valence-electron chi connectivity index (χ0n) is 13.1. The van der Waals surface area contributed by atoms with Gasteiger partial charge in [0.05, 0.1) is 6.54 Å². The molecule has 122 valence electrons. The molecule has 1 aromatic carbocycles. The fraction of sp³-hybridized carbons (Fsp3) is 0.278. The van der Waals surface area contributed by atoms with Gasteiger partial charge in [-0.25, -0.2) is 0 Å². The van der Waals surface area contributed by atoms with Gasteiger partial charge >= 0.3 is 11.1 Å². The van der Waals surface area contributed by atoms with Crippen LogP contribution >= 0.6 is 0 Å². The van der Waals surface area contributed by atoms with E-state index in [1.165, 1.54) is 4.57 Å². The predicted molar refractivity (Wildman–Crippen MR) is 88.9 cm³/mol. The maximum Gasteiger partial charge on any atom is 0.316 e. The number of hydrogen-bond acceptors (Lipinski definition) is 4. The van der Waals surface area contributed by atoms with Crippen LogP contribution in [0.5, 0.6) is 0 Å². The number of hydrogen-bond donors (Lipinski definition) is 0. The molecule has 0 amide bonds. The van der Waals surface area contributed by atoms with Gasteiger partial charge in [0.15, 0.2) is 5.76 Å². The van der Waals surface area contributed by atoms with Crippen molar-refractivity contribution in [2.24, 2.45) is 0 Å². The smallest absolute Gasteiger partial charge is 0.316 e. The Hall–Kier alpha value is -2.89. The van der Waals surface area contributed by atoms with Crippen LogP contribution in [0.2, 0.25) is 0 Å². The summed E-state index contributed by atoms with van der Waals surface area (Å²) in [5.41, 5.74) is 0.661. The molecular formula is C18H17N3O3. The van der Waals surface area contributed by atoms with Crippen LogP contribution in [-0.2, 0) is 6.54 Å². The lowest BCUT2D eigenvalue weighted by Gasteiger charge is -2.27. The lowest BCUT2D eigenvalue weighted by molar-refractivity contribution is 0.302. The number of rotatable bonds is 4. The molecule has 0 aliphatic heterocycles. The molecule has 0 spiro atoms. The van der Waals surface area contributed by atoms with Gasteiger partial charge in [-0.2, -0.15) is 0 Å². The van der Waals surface area contributed by atoms with E-state index in [0.29, 0.717) is 11.5 Å². The molecule has 1 aliphatic carbocycles. The first kappa shape index (κ1) is 14.7. The number of benzene rings is 1. The van der Waals surface area contributed by atoms with E-state index in [-0.39, 0.29) is 12.6 Å². The Kier molecular flexibility index (Phi) is 3.65. The molecule has 0 unspecified atom stereocenters. The summed E-state index contributed by atoms with van der Waals surface area (Å²) in [4.78, 5) is 24.5. The quantitative estimate of drug-likeness (QED) is 0.692. The second-order valence-electron chi connectivity index (χ2n) is 6.07. The molecule has 0 bridgehead atoms.